The number of ether oxygens (including phenoxy) is 1. The van der Waals surface area contributed by atoms with Crippen molar-refractivity contribution in [2.24, 2.45) is 14.1 Å². The predicted octanol–water partition coefficient (Wildman–Crippen LogP) is -0.694. The fraction of sp³-hybridized carbons (Fsp3) is 0.737. The van der Waals surface area contributed by atoms with Crippen molar-refractivity contribution in [3.8, 4) is 0 Å². The maximum absolute atomic E-state index is 13.0. The first-order chi connectivity index (χ1) is 13.3. The Morgan fingerprint density at radius 1 is 1.24 bits per heavy atom. The number of nitrogens with one attached hydrogen (secondary N) is 1. The fourth-order valence-corrected chi connectivity index (χ4v) is 4.13. The van der Waals surface area contributed by atoms with E-state index in [1.807, 2.05) is 18.7 Å². The van der Waals surface area contributed by atoms with E-state index in [0.717, 1.165) is 24.1 Å². The summed E-state index contributed by atoms with van der Waals surface area (Å²) >= 11 is 0. The van der Waals surface area contributed by atoms with E-state index in [9.17, 15) is 14.4 Å². The molecular formula is C19H32ClN5O4. The molecule has 9 nitrogen and oxygen atoms in total. The monoisotopic (exact) mass is 429 g/mol. The molecule has 2 aliphatic rings. The molecule has 3 heterocycles. The Balaban J connectivity index is 0.00000300. The van der Waals surface area contributed by atoms with E-state index < -0.39 is 0 Å². The Bertz CT molecular complexity index is 823. The van der Waals surface area contributed by atoms with Gasteiger partial charge in [0.25, 0.3) is 5.56 Å². The Morgan fingerprint density at radius 2 is 1.90 bits per heavy atom. The number of carbonyl (C=O) groups excluding carboxylic acids is 1. The van der Waals surface area contributed by atoms with Crippen LogP contribution in [-0.2, 0) is 30.2 Å². The lowest BCUT2D eigenvalue weighted by atomic mass is 10.1. The summed E-state index contributed by atoms with van der Waals surface area (Å²) in [5.74, 6) is 0.0514. The second kappa shape index (κ2) is 9.88. The molecule has 1 aromatic rings. The van der Waals surface area contributed by atoms with E-state index in [2.05, 4.69) is 10.2 Å². The quantitative estimate of drug-likeness (QED) is 0.666. The highest BCUT2D eigenvalue weighted by atomic mass is 35.5. The van der Waals surface area contributed by atoms with Gasteiger partial charge in [0.2, 0.25) is 5.91 Å². The molecule has 1 aromatic heterocycles. The third-order valence-corrected chi connectivity index (χ3v) is 5.55. The smallest absolute Gasteiger partial charge is 0.330 e. The van der Waals surface area contributed by atoms with Gasteiger partial charge in [-0.15, -0.1) is 12.4 Å². The average molecular weight is 430 g/mol. The summed E-state index contributed by atoms with van der Waals surface area (Å²) in [6, 6.07) is 0.182. The number of amides is 1. The number of rotatable bonds is 5. The van der Waals surface area contributed by atoms with Gasteiger partial charge in [0, 0.05) is 58.1 Å². The molecule has 3 unspecified atom stereocenters. The van der Waals surface area contributed by atoms with Crippen LogP contribution in [0.25, 0.3) is 0 Å². The number of hydrogen-bond acceptors (Lipinski definition) is 6. The molecule has 2 aliphatic heterocycles. The van der Waals surface area contributed by atoms with Crippen molar-refractivity contribution in [1.29, 1.82) is 0 Å². The van der Waals surface area contributed by atoms with Gasteiger partial charge in [-0.3, -0.25) is 19.1 Å². The van der Waals surface area contributed by atoms with Gasteiger partial charge in [-0.1, -0.05) is 0 Å². The third kappa shape index (κ3) is 5.48. The van der Waals surface area contributed by atoms with Crippen molar-refractivity contribution in [1.82, 2.24) is 24.3 Å². The van der Waals surface area contributed by atoms with Crippen molar-refractivity contribution in [3.05, 3.63) is 32.6 Å². The first kappa shape index (κ1) is 23.6. The molecule has 0 bridgehead atoms. The standard InChI is InChI=1S/C19H31N5O4.ClH/c1-13-8-24(9-14(2)28-13)17(25)12-23(16-5-6-20-7-16)11-15-10-21(3)19(27)22(4)18(15)26;/h10,13-14,16,20H,5-9,11-12H2,1-4H3;1H. The predicted molar refractivity (Wildman–Crippen MR) is 112 cm³/mol. The molecule has 10 heteroatoms. The Kier molecular flexibility index (Phi) is 8.04. The first-order valence-electron chi connectivity index (χ1n) is 9.89. The van der Waals surface area contributed by atoms with E-state index in [1.165, 1.54) is 11.6 Å². The summed E-state index contributed by atoms with van der Waals surface area (Å²) in [5.41, 5.74) is -0.136. The molecule has 2 fully saturated rings. The second-order valence-electron chi connectivity index (χ2n) is 8.02. The molecule has 0 aliphatic carbocycles. The molecule has 1 N–H and O–H groups in total. The number of nitrogens with zero attached hydrogens (tertiary/aromatic N) is 4. The minimum absolute atomic E-state index is 0. The Morgan fingerprint density at radius 3 is 2.48 bits per heavy atom. The van der Waals surface area contributed by atoms with E-state index in [4.69, 9.17) is 4.74 Å². The van der Waals surface area contributed by atoms with Gasteiger partial charge in [0.05, 0.1) is 18.8 Å². The van der Waals surface area contributed by atoms with Crippen molar-refractivity contribution in [2.45, 2.75) is 45.1 Å². The fourth-order valence-electron chi connectivity index (χ4n) is 4.13. The summed E-state index contributed by atoms with van der Waals surface area (Å²) in [4.78, 5) is 41.4. The zero-order valence-corrected chi connectivity index (χ0v) is 18.4. The SMILES string of the molecule is CC1CN(C(=O)CN(Cc2cn(C)c(=O)n(C)c2=O)C2CCNC2)CC(C)O1.Cl. The van der Waals surface area contributed by atoms with Crippen LogP contribution in [0.4, 0.5) is 0 Å². The van der Waals surface area contributed by atoms with E-state index in [-0.39, 0.29) is 54.4 Å². The number of halogens is 1. The largest absolute Gasteiger partial charge is 0.372 e. The van der Waals surface area contributed by atoms with Gasteiger partial charge in [-0.05, 0) is 26.8 Å². The number of aryl methyl sites for hydroxylation is 1. The number of morpholine rings is 1. The summed E-state index contributed by atoms with van der Waals surface area (Å²) in [7, 11) is 3.12. The summed E-state index contributed by atoms with van der Waals surface area (Å²) in [5, 5.41) is 3.33. The number of aromatic nitrogens is 2. The lowest BCUT2D eigenvalue weighted by Gasteiger charge is -2.37. The zero-order chi connectivity index (χ0) is 20.4. The van der Waals surface area contributed by atoms with Crippen LogP contribution in [0.15, 0.2) is 15.8 Å². The van der Waals surface area contributed by atoms with Gasteiger partial charge >= 0.3 is 5.69 Å². The van der Waals surface area contributed by atoms with Crippen LogP contribution in [0.5, 0.6) is 0 Å². The zero-order valence-electron chi connectivity index (χ0n) is 17.6. The van der Waals surface area contributed by atoms with Crippen LogP contribution in [0.3, 0.4) is 0 Å². The van der Waals surface area contributed by atoms with Gasteiger partial charge in [0.15, 0.2) is 0 Å². The number of carbonyl (C=O) groups is 1. The molecule has 3 rings (SSSR count). The number of hydrogen-bond donors (Lipinski definition) is 1. The molecule has 2 saturated heterocycles. The Hall–Kier alpha value is -1.68. The maximum Gasteiger partial charge on any atom is 0.330 e. The molecule has 0 radical (unpaired) electrons. The van der Waals surface area contributed by atoms with Crippen molar-refractivity contribution < 1.29 is 9.53 Å². The van der Waals surface area contributed by atoms with Crippen molar-refractivity contribution in [3.63, 3.8) is 0 Å². The summed E-state index contributed by atoms with van der Waals surface area (Å²) in [6.07, 6.45) is 2.55. The molecular weight excluding hydrogens is 398 g/mol. The summed E-state index contributed by atoms with van der Waals surface area (Å²) < 4.78 is 8.26. The lowest BCUT2D eigenvalue weighted by Crippen LogP contribution is -2.52. The molecule has 29 heavy (non-hydrogen) atoms. The molecule has 164 valence electrons. The molecule has 0 aromatic carbocycles. The highest BCUT2D eigenvalue weighted by molar-refractivity contribution is 5.85. The normalized spacial score (nSPS) is 24.6. The minimum Gasteiger partial charge on any atom is -0.372 e. The van der Waals surface area contributed by atoms with E-state index in [1.54, 1.807) is 13.2 Å². The van der Waals surface area contributed by atoms with Crippen LogP contribution in [0.1, 0.15) is 25.8 Å². The van der Waals surface area contributed by atoms with Crippen LogP contribution in [-0.4, -0.2) is 75.8 Å². The van der Waals surface area contributed by atoms with Crippen molar-refractivity contribution >= 4 is 18.3 Å². The van der Waals surface area contributed by atoms with Crippen LogP contribution in [0.2, 0.25) is 0 Å². The third-order valence-electron chi connectivity index (χ3n) is 5.55. The van der Waals surface area contributed by atoms with Crippen molar-refractivity contribution in [2.75, 3.05) is 32.7 Å². The van der Waals surface area contributed by atoms with Crippen LogP contribution in [0, 0.1) is 0 Å². The maximum atomic E-state index is 13.0. The van der Waals surface area contributed by atoms with E-state index >= 15 is 0 Å². The highest BCUT2D eigenvalue weighted by Gasteiger charge is 2.30. The molecule has 0 saturated carbocycles. The van der Waals surface area contributed by atoms with Crippen LogP contribution < -0.4 is 16.6 Å². The first-order valence-corrected chi connectivity index (χ1v) is 9.89. The summed E-state index contributed by atoms with van der Waals surface area (Å²) in [6.45, 7) is 7.39. The van der Waals surface area contributed by atoms with Crippen LogP contribution >= 0.6 is 12.4 Å². The second-order valence-corrected chi connectivity index (χ2v) is 8.02. The van der Waals surface area contributed by atoms with Gasteiger partial charge in [-0.2, -0.15) is 0 Å². The lowest BCUT2D eigenvalue weighted by molar-refractivity contribution is -0.145. The van der Waals surface area contributed by atoms with E-state index in [0.29, 0.717) is 25.2 Å². The average Bonchev–Trinajstić information content (AvgIpc) is 3.17. The highest BCUT2D eigenvalue weighted by Crippen LogP contribution is 2.15. The molecule has 0 spiro atoms. The minimum atomic E-state index is -0.352. The van der Waals surface area contributed by atoms with Gasteiger partial charge in [-0.25, -0.2) is 4.79 Å². The molecule has 3 atom stereocenters. The Labute approximate surface area is 177 Å². The van der Waals surface area contributed by atoms with Gasteiger partial charge < -0.3 is 19.5 Å². The topological polar surface area (TPSA) is 88.8 Å². The van der Waals surface area contributed by atoms with Gasteiger partial charge in [0.1, 0.15) is 0 Å². The molecule has 1 amide bonds.